The fraction of sp³-hybridized carbons (Fsp3) is 0.474. The number of anilines is 1. The lowest BCUT2D eigenvalue weighted by Gasteiger charge is -2.27. The molecule has 0 saturated carbocycles. The number of halogens is 1. The van der Waals surface area contributed by atoms with Gasteiger partial charge in [-0.05, 0) is 34.6 Å². The Balaban J connectivity index is 2.68. The van der Waals surface area contributed by atoms with Crippen LogP contribution in [-0.4, -0.2) is 45.3 Å². The summed E-state index contributed by atoms with van der Waals surface area (Å²) < 4.78 is 16.1. The highest BCUT2D eigenvalue weighted by Gasteiger charge is 2.34. The van der Waals surface area contributed by atoms with Crippen LogP contribution in [0.25, 0.3) is 0 Å². The lowest BCUT2D eigenvalue weighted by Crippen LogP contribution is -2.37. The summed E-state index contributed by atoms with van der Waals surface area (Å²) in [5, 5.41) is 12.0. The lowest BCUT2D eigenvalue weighted by molar-refractivity contribution is -0.385. The van der Waals surface area contributed by atoms with Gasteiger partial charge in [0.1, 0.15) is 22.2 Å². The van der Waals surface area contributed by atoms with Crippen LogP contribution in [0, 0.1) is 17.0 Å². The van der Waals surface area contributed by atoms with Crippen LogP contribution in [0.2, 0.25) is 5.15 Å². The second-order valence-electron chi connectivity index (χ2n) is 7.34. The van der Waals surface area contributed by atoms with Gasteiger partial charge in [-0.25, -0.2) is 9.78 Å². The van der Waals surface area contributed by atoms with Gasteiger partial charge < -0.3 is 14.2 Å². The molecule has 0 bridgehead atoms. The van der Waals surface area contributed by atoms with Gasteiger partial charge in [0.15, 0.2) is 0 Å². The normalized spacial score (nSPS) is 11.1. The number of pyridine rings is 1. The molecular weight excluding hydrogens is 430 g/mol. The molecule has 0 fully saturated rings. The van der Waals surface area contributed by atoms with E-state index in [0.29, 0.717) is 11.3 Å². The van der Waals surface area contributed by atoms with Gasteiger partial charge in [0.2, 0.25) is 5.82 Å². The second-order valence-corrected chi connectivity index (χ2v) is 7.73. The Kier molecular flexibility index (Phi) is 7.55. The molecule has 0 aromatic carbocycles. The number of aryl methyl sites for hydroxylation is 1. The van der Waals surface area contributed by atoms with Crippen molar-refractivity contribution in [2.45, 2.75) is 46.8 Å². The smallest absolute Gasteiger partial charge is 0.416 e. The molecule has 0 aliphatic rings. The molecule has 11 nitrogen and oxygen atoms in total. The SMILES string of the molecule is CCOc1nc(C)c([N+](=O)[O-])c(N(Cc2cnc(Cl)cc2OC)C(=O)OC(C)(C)C)n1. The average molecular weight is 454 g/mol. The molecular formula is C19H24ClN5O6. The Morgan fingerprint density at radius 3 is 2.55 bits per heavy atom. The second kappa shape index (κ2) is 9.73. The predicted molar refractivity (Wildman–Crippen MR) is 113 cm³/mol. The van der Waals surface area contributed by atoms with E-state index in [2.05, 4.69) is 15.0 Å². The van der Waals surface area contributed by atoms with Gasteiger partial charge in [-0.3, -0.25) is 15.0 Å². The molecule has 0 atom stereocenters. The Bertz CT molecular complexity index is 979. The molecule has 12 heteroatoms. The van der Waals surface area contributed by atoms with E-state index in [1.54, 1.807) is 27.7 Å². The zero-order valence-corrected chi connectivity index (χ0v) is 18.9. The first-order chi connectivity index (χ1) is 14.5. The predicted octanol–water partition coefficient (Wildman–Crippen LogP) is 4.09. The summed E-state index contributed by atoms with van der Waals surface area (Å²) in [6.45, 7) is 8.23. The molecule has 2 aromatic heterocycles. The van der Waals surface area contributed by atoms with Crippen LogP contribution in [0.5, 0.6) is 11.8 Å². The summed E-state index contributed by atoms with van der Waals surface area (Å²) in [5.41, 5.74) is -0.846. The minimum absolute atomic E-state index is 0.0354. The topological polar surface area (TPSA) is 130 Å². The zero-order chi connectivity index (χ0) is 23.3. The zero-order valence-electron chi connectivity index (χ0n) is 18.1. The van der Waals surface area contributed by atoms with E-state index >= 15 is 0 Å². The molecule has 0 aliphatic heterocycles. The van der Waals surface area contributed by atoms with Crippen LogP contribution >= 0.6 is 11.6 Å². The van der Waals surface area contributed by atoms with E-state index in [9.17, 15) is 14.9 Å². The molecule has 31 heavy (non-hydrogen) atoms. The number of hydrogen-bond donors (Lipinski definition) is 0. The fourth-order valence-electron chi connectivity index (χ4n) is 2.59. The van der Waals surface area contributed by atoms with Crippen molar-refractivity contribution in [2.24, 2.45) is 0 Å². The lowest BCUT2D eigenvalue weighted by atomic mass is 10.2. The van der Waals surface area contributed by atoms with E-state index in [1.807, 2.05) is 0 Å². The van der Waals surface area contributed by atoms with Crippen LogP contribution in [0.1, 0.15) is 39.0 Å². The number of methoxy groups -OCH3 is 1. The fourth-order valence-corrected chi connectivity index (χ4v) is 2.73. The molecule has 2 aromatic rings. The summed E-state index contributed by atoms with van der Waals surface area (Å²) in [7, 11) is 1.43. The summed E-state index contributed by atoms with van der Waals surface area (Å²) in [4.78, 5) is 37.4. The third-order valence-electron chi connectivity index (χ3n) is 3.80. The van der Waals surface area contributed by atoms with Crippen molar-refractivity contribution in [1.29, 1.82) is 0 Å². The van der Waals surface area contributed by atoms with Crippen LogP contribution in [0.4, 0.5) is 16.3 Å². The third-order valence-corrected chi connectivity index (χ3v) is 4.01. The number of carbonyl (C=O) groups is 1. The first kappa shape index (κ1) is 24.1. The van der Waals surface area contributed by atoms with Gasteiger partial charge in [0, 0.05) is 17.8 Å². The Labute approximate surface area is 184 Å². The highest BCUT2D eigenvalue weighted by molar-refractivity contribution is 6.29. The van der Waals surface area contributed by atoms with Crippen molar-refractivity contribution in [3.05, 3.63) is 38.8 Å². The average Bonchev–Trinajstić information content (AvgIpc) is 2.64. The standard InChI is InChI=1S/C19H24ClN5O6/c1-7-30-17-22-11(2)15(25(27)28)16(23-17)24(18(26)31-19(3,4)5)10-12-9-21-14(20)8-13(12)29-6/h8-9H,7,10H2,1-6H3. The van der Waals surface area contributed by atoms with E-state index < -0.39 is 22.3 Å². The summed E-state index contributed by atoms with van der Waals surface area (Å²) >= 11 is 5.92. The minimum Gasteiger partial charge on any atom is -0.496 e. The van der Waals surface area contributed by atoms with Crippen molar-refractivity contribution in [3.63, 3.8) is 0 Å². The number of hydrogen-bond acceptors (Lipinski definition) is 9. The maximum Gasteiger partial charge on any atom is 0.416 e. The van der Waals surface area contributed by atoms with Crippen LogP contribution in [-0.2, 0) is 11.3 Å². The summed E-state index contributed by atoms with van der Waals surface area (Å²) in [6, 6.07) is 1.37. The van der Waals surface area contributed by atoms with Crippen molar-refractivity contribution in [1.82, 2.24) is 15.0 Å². The highest BCUT2D eigenvalue weighted by Crippen LogP contribution is 2.34. The molecule has 0 unspecified atom stereocenters. The van der Waals surface area contributed by atoms with Crippen molar-refractivity contribution in [3.8, 4) is 11.8 Å². The number of ether oxygens (including phenoxy) is 3. The maximum absolute atomic E-state index is 13.1. The third kappa shape index (κ3) is 6.14. The van der Waals surface area contributed by atoms with Crippen molar-refractivity contribution >= 4 is 29.2 Å². The Morgan fingerprint density at radius 1 is 1.32 bits per heavy atom. The van der Waals surface area contributed by atoms with Gasteiger partial charge in [0.05, 0.1) is 25.2 Å². The first-order valence-electron chi connectivity index (χ1n) is 9.31. The number of nitrogens with zero attached hydrogens (tertiary/aromatic N) is 5. The van der Waals surface area contributed by atoms with Crippen molar-refractivity contribution < 1.29 is 23.9 Å². The molecule has 0 spiro atoms. The van der Waals surface area contributed by atoms with Crippen molar-refractivity contribution in [2.75, 3.05) is 18.6 Å². The monoisotopic (exact) mass is 453 g/mol. The molecule has 2 rings (SSSR count). The van der Waals surface area contributed by atoms with Gasteiger partial charge in [0.25, 0.3) is 0 Å². The van der Waals surface area contributed by atoms with Crippen LogP contribution in [0.3, 0.4) is 0 Å². The van der Waals surface area contributed by atoms with Gasteiger partial charge >= 0.3 is 17.8 Å². The van der Waals surface area contributed by atoms with Gasteiger partial charge in [-0.1, -0.05) is 11.6 Å². The molecule has 168 valence electrons. The van der Waals surface area contributed by atoms with E-state index in [0.717, 1.165) is 4.90 Å². The van der Waals surface area contributed by atoms with Crippen LogP contribution < -0.4 is 14.4 Å². The number of nitro groups is 1. The largest absolute Gasteiger partial charge is 0.496 e. The van der Waals surface area contributed by atoms with E-state index in [1.165, 1.54) is 26.3 Å². The van der Waals surface area contributed by atoms with E-state index in [4.69, 9.17) is 25.8 Å². The molecule has 0 N–H and O–H groups in total. The highest BCUT2D eigenvalue weighted by atomic mass is 35.5. The molecule has 0 aliphatic carbocycles. The van der Waals surface area contributed by atoms with Gasteiger partial charge in [-0.2, -0.15) is 9.97 Å². The number of rotatable bonds is 7. The molecule has 1 amide bonds. The number of amides is 1. The Morgan fingerprint density at radius 2 is 2.00 bits per heavy atom. The van der Waals surface area contributed by atoms with Gasteiger partial charge in [-0.15, -0.1) is 0 Å². The van der Waals surface area contributed by atoms with Crippen LogP contribution in [0.15, 0.2) is 12.3 Å². The summed E-state index contributed by atoms with van der Waals surface area (Å²) in [6.07, 6.45) is 0.551. The Hall–Kier alpha value is -3.21. The minimum atomic E-state index is -0.864. The molecule has 2 heterocycles. The quantitative estimate of drug-likeness (QED) is 0.345. The van der Waals surface area contributed by atoms with E-state index in [-0.39, 0.29) is 35.8 Å². The number of aromatic nitrogens is 3. The molecule has 0 saturated heterocycles. The first-order valence-corrected chi connectivity index (χ1v) is 9.69. The maximum atomic E-state index is 13.1. The summed E-state index contributed by atoms with van der Waals surface area (Å²) in [5.74, 6) is 0.0687. The number of carbonyl (C=O) groups excluding carboxylic acids is 1. The molecule has 0 radical (unpaired) electrons.